The van der Waals surface area contributed by atoms with Gasteiger partial charge in [0.1, 0.15) is 17.6 Å². The summed E-state index contributed by atoms with van der Waals surface area (Å²) in [4.78, 5) is 24.1. The number of nitrogens with zero attached hydrogens (tertiary/aromatic N) is 2. The molecule has 0 unspecified atom stereocenters. The summed E-state index contributed by atoms with van der Waals surface area (Å²) in [6.45, 7) is 6.21. The largest absolute Gasteiger partial charge is 0.368 e. The van der Waals surface area contributed by atoms with Crippen molar-refractivity contribution >= 4 is 23.2 Å². The maximum atomic E-state index is 13.1. The molecule has 2 amide bonds. The van der Waals surface area contributed by atoms with Crippen LogP contribution < -0.4 is 16.1 Å². The number of nitrogens with two attached hydrogens (primary N) is 1. The van der Waals surface area contributed by atoms with Crippen molar-refractivity contribution < 1.29 is 14.0 Å². The molecule has 0 bridgehead atoms. The molecule has 2 rings (SSSR count). The summed E-state index contributed by atoms with van der Waals surface area (Å²) in [6.07, 6.45) is 2.02. The Hall–Kier alpha value is -2.44. The average Bonchev–Trinajstić information content (AvgIpc) is 2.99. The molecule has 2 atom stereocenters. The molecule has 1 aromatic carbocycles. The third-order valence-electron chi connectivity index (χ3n) is 4.15. The van der Waals surface area contributed by atoms with Gasteiger partial charge in [-0.3, -0.25) is 14.6 Å². The molecular weight excluding hydrogens is 323 g/mol. The Morgan fingerprint density at radius 1 is 1.28 bits per heavy atom. The summed E-state index contributed by atoms with van der Waals surface area (Å²) < 4.78 is 13.1. The van der Waals surface area contributed by atoms with Crippen molar-refractivity contribution in [2.75, 3.05) is 5.01 Å². The first-order chi connectivity index (χ1) is 11.8. The first kappa shape index (κ1) is 18.9. The first-order valence-corrected chi connectivity index (χ1v) is 8.50. The maximum Gasteiger partial charge on any atom is 0.267 e. The van der Waals surface area contributed by atoms with E-state index in [0.717, 1.165) is 12.8 Å². The van der Waals surface area contributed by atoms with Gasteiger partial charge in [0, 0.05) is 12.5 Å². The van der Waals surface area contributed by atoms with E-state index >= 15 is 0 Å². The number of anilines is 1. The molecular formula is C18H25FN4O2. The number of primary amides is 1. The van der Waals surface area contributed by atoms with Crippen LogP contribution in [-0.2, 0) is 9.59 Å². The molecule has 3 N–H and O–H groups in total. The highest BCUT2D eigenvalue weighted by Gasteiger charge is 2.35. The normalized spacial score (nSPS) is 18.2. The Bertz CT molecular complexity index is 658. The van der Waals surface area contributed by atoms with Crippen LogP contribution in [0.3, 0.4) is 0 Å². The lowest BCUT2D eigenvalue weighted by Crippen LogP contribution is -2.40. The lowest BCUT2D eigenvalue weighted by Gasteiger charge is -2.20. The Balaban J connectivity index is 2.10. The highest BCUT2D eigenvalue weighted by Crippen LogP contribution is 2.25. The van der Waals surface area contributed by atoms with Gasteiger partial charge in [-0.2, -0.15) is 5.10 Å². The van der Waals surface area contributed by atoms with Gasteiger partial charge in [0.05, 0.1) is 5.69 Å². The van der Waals surface area contributed by atoms with Crippen molar-refractivity contribution in [2.45, 2.75) is 52.1 Å². The number of hydrogen-bond acceptors (Lipinski definition) is 4. The van der Waals surface area contributed by atoms with E-state index < -0.39 is 11.9 Å². The molecule has 0 radical (unpaired) electrons. The van der Waals surface area contributed by atoms with E-state index in [-0.39, 0.29) is 29.9 Å². The standard InChI is InChI=1S/C18H25FN4O2/c1-11(2)4-5-12(3)21-18(25)15-10-16(17(20)24)23(22-15)14-8-6-13(19)7-9-14/h6-9,11-12,16H,4-5,10H2,1-3H3,(H2,20,24)(H,21,25)/t12-,16-/m1/s1. The number of rotatable bonds is 7. The zero-order valence-electron chi connectivity index (χ0n) is 14.8. The van der Waals surface area contributed by atoms with E-state index in [9.17, 15) is 14.0 Å². The molecule has 1 aromatic rings. The molecule has 0 saturated carbocycles. The van der Waals surface area contributed by atoms with Crippen LogP contribution in [-0.4, -0.2) is 29.6 Å². The summed E-state index contributed by atoms with van der Waals surface area (Å²) in [5.41, 5.74) is 6.21. The molecule has 0 saturated heterocycles. The van der Waals surface area contributed by atoms with Gasteiger partial charge in [0.15, 0.2) is 0 Å². The number of amides is 2. The van der Waals surface area contributed by atoms with Gasteiger partial charge in [0.2, 0.25) is 5.91 Å². The number of benzene rings is 1. The lowest BCUT2D eigenvalue weighted by molar-refractivity contribution is -0.119. The number of halogens is 1. The van der Waals surface area contributed by atoms with Crippen LogP contribution in [0.5, 0.6) is 0 Å². The second kappa shape index (κ2) is 8.09. The predicted octanol–water partition coefficient (Wildman–Crippen LogP) is 2.19. The molecule has 6 nitrogen and oxygen atoms in total. The molecule has 0 spiro atoms. The summed E-state index contributed by atoms with van der Waals surface area (Å²) in [7, 11) is 0. The van der Waals surface area contributed by atoms with E-state index in [1.165, 1.54) is 29.3 Å². The molecule has 0 aromatic heterocycles. The molecule has 25 heavy (non-hydrogen) atoms. The number of carbonyl (C=O) groups excluding carboxylic acids is 2. The van der Waals surface area contributed by atoms with E-state index in [1.807, 2.05) is 6.92 Å². The minimum absolute atomic E-state index is 0.0181. The van der Waals surface area contributed by atoms with Gasteiger partial charge in [0.25, 0.3) is 5.91 Å². The molecule has 1 aliphatic heterocycles. The van der Waals surface area contributed by atoms with Gasteiger partial charge >= 0.3 is 0 Å². The molecule has 7 heteroatoms. The fraction of sp³-hybridized carbons (Fsp3) is 0.500. The average molecular weight is 348 g/mol. The zero-order valence-corrected chi connectivity index (χ0v) is 14.8. The van der Waals surface area contributed by atoms with Crippen molar-refractivity contribution in [3.05, 3.63) is 30.1 Å². The van der Waals surface area contributed by atoms with Gasteiger partial charge in [-0.05, 0) is 49.9 Å². The Morgan fingerprint density at radius 2 is 1.92 bits per heavy atom. The maximum absolute atomic E-state index is 13.1. The third kappa shape index (κ3) is 5.01. The van der Waals surface area contributed by atoms with E-state index in [2.05, 4.69) is 24.3 Å². The van der Waals surface area contributed by atoms with Gasteiger partial charge < -0.3 is 11.1 Å². The fourth-order valence-corrected chi connectivity index (χ4v) is 2.66. The summed E-state index contributed by atoms with van der Waals surface area (Å²) in [5.74, 6) is -0.702. The van der Waals surface area contributed by atoms with Crippen molar-refractivity contribution in [1.82, 2.24) is 5.32 Å². The molecule has 0 fully saturated rings. The fourth-order valence-electron chi connectivity index (χ4n) is 2.66. The van der Waals surface area contributed by atoms with Crippen molar-refractivity contribution in [2.24, 2.45) is 16.8 Å². The quantitative estimate of drug-likeness (QED) is 0.792. The predicted molar refractivity (Wildman–Crippen MR) is 95.6 cm³/mol. The van der Waals surface area contributed by atoms with Gasteiger partial charge in [-0.15, -0.1) is 0 Å². The summed E-state index contributed by atoms with van der Waals surface area (Å²) >= 11 is 0. The Kier molecular flexibility index (Phi) is 6.12. The third-order valence-corrected chi connectivity index (χ3v) is 4.15. The molecule has 136 valence electrons. The van der Waals surface area contributed by atoms with Crippen LogP contribution in [0.25, 0.3) is 0 Å². The zero-order chi connectivity index (χ0) is 18.6. The Labute approximate surface area is 147 Å². The van der Waals surface area contributed by atoms with Crippen LogP contribution in [0.1, 0.15) is 40.0 Å². The van der Waals surface area contributed by atoms with Gasteiger partial charge in [-0.1, -0.05) is 13.8 Å². The number of hydrazone groups is 1. The smallest absolute Gasteiger partial charge is 0.267 e. The topological polar surface area (TPSA) is 87.8 Å². The molecule has 1 aliphatic rings. The highest BCUT2D eigenvalue weighted by molar-refractivity contribution is 6.40. The minimum atomic E-state index is -0.753. The monoisotopic (exact) mass is 348 g/mol. The summed E-state index contributed by atoms with van der Waals surface area (Å²) in [6, 6.07) is 4.81. The van der Waals surface area contributed by atoms with Crippen LogP contribution in [0.2, 0.25) is 0 Å². The molecule has 0 aliphatic carbocycles. The van der Waals surface area contributed by atoms with Crippen LogP contribution in [0, 0.1) is 11.7 Å². The van der Waals surface area contributed by atoms with Crippen LogP contribution in [0.4, 0.5) is 10.1 Å². The van der Waals surface area contributed by atoms with E-state index in [4.69, 9.17) is 5.73 Å². The van der Waals surface area contributed by atoms with Crippen molar-refractivity contribution in [3.63, 3.8) is 0 Å². The van der Waals surface area contributed by atoms with Gasteiger partial charge in [-0.25, -0.2) is 4.39 Å². The Morgan fingerprint density at radius 3 is 2.48 bits per heavy atom. The van der Waals surface area contributed by atoms with Crippen LogP contribution in [0.15, 0.2) is 29.4 Å². The van der Waals surface area contributed by atoms with Crippen molar-refractivity contribution in [1.29, 1.82) is 0 Å². The SMILES string of the molecule is CC(C)CC[C@@H](C)NC(=O)C1=NN(c2ccc(F)cc2)[C@@H](C(N)=O)C1. The molecule has 1 heterocycles. The van der Waals surface area contributed by atoms with E-state index in [1.54, 1.807) is 0 Å². The minimum Gasteiger partial charge on any atom is -0.368 e. The lowest BCUT2D eigenvalue weighted by atomic mass is 10.0. The highest BCUT2D eigenvalue weighted by atomic mass is 19.1. The van der Waals surface area contributed by atoms with Crippen LogP contribution >= 0.6 is 0 Å². The van der Waals surface area contributed by atoms with Crippen molar-refractivity contribution in [3.8, 4) is 0 Å². The number of nitrogens with one attached hydrogen (secondary N) is 1. The summed E-state index contributed by atoms with van der Waals surface area (Å²) in [5, 5.41) is 8.55. The van der Waals surface area contributed by atoms with E-state index in [0.29, 0.717) is 11.6 Å². The first-order valence-electron chi connectivity index (χ1n) is 8.50. The number of carbonyl (C=O) groups is 2. The second-order valence-corrected chi connectivity index (χ2v) is 6.84. The second-order valence-electron chi connectivity index (χ2n) is 6.84. The number of hydrogen-bond donors (Lipinski definition) is 2.